The van der Waals surface area contributed by atoms with Crippen molar-refractivity contribution in [1.29, 1.82) is 0 Å². The summed E-state index contributed by atoms with van der Waals surface area (Å²) in [7, 11) is 1.64. The molecule has 2 aliphatic heterocycles. The highest BCUT2D eigenvalue weighted by molar-refractivity contribution is 6.03. The largest absolute Gasteiger partial charge is 0.489 e. The van der Waals surface area contributed by atoms with Crippen LogP contribution in [0.3, 0.4) is 0 Å². The van der Waals surface area contributed by atoms with E-state index in [1.54, 1.807) is 13.3 Å². The van der Waals surface area contributed by atoms with Crippen molar-refractivity contribution in [1.82, 2.24) is 20.5 Å². The van der Waals surface area contributed by atoms with Gasteiger partial charge in [0.05, 0.1) is 6.21 Å². The molecule has 2 unspecified atom stereocenters. The smallest absolute Gasteiger partial charge is 0.325 e. The zero-order valence-electron chi connectivity index (χ0n) is 19.6. The topological polar surface area (TPSA) is 98.6 Å². The molecule has 178 valence electrons. The average Bonchev–Trinajstić information content (AvgIpc) is 3.20. The molecule has 2 heterocycles. The van der Waals surface area contributed by atoms with E-state index in [1.165, 1.54) is 4.90 Å². The maximum absolute atomic E-state index is 12.6. The highest BCUT2D eigenvalue weighted by atomic mass is 16.5. The Hall–Kier alpha value is -3.88. The Morgan fingerprint density at radius 3 is 2.59 bits per heavy atom. The lowest BCUT2D eigenvalue weighted by molar-refractivity contribution is -0.127. The summed E-state index contributed by atoms with van der Waals surface area (Å²) in [5.41, 5.74) is 4.97. The van der Waals surface area contributed by atoms with Gasteiger partial charge < -0.3 is 14.5 Å². The standard InChI is InChI=1S/C25H30N6O3/c1-17(2)13-14-31-21-22(30(3)25(33)28-23(21)32)27-24(31)29-26-15-18-9-11-20(12-10-18)34-16-19-7-5-4-6-8-19/h4-12,15,17,21-22H,13-14,16H2,1-3H3,(H,27,29)(H,28,32,33)/b26-15+. The maximum atomic E-state index is 12.6. The van der Waals surface area contributed by atoms with Crippen molar-refractivity contribution in [2.75, 3.05) is 13.6 Å². The van der Waals surface area contributed by atoms with Gasteiger partial charge in [0.15, 0.2) is 12.2 Å². The quantitative estimate of drug-likeness (QED) is 0.464. The van der Waals surface area contributed by atoms with E-state index < -0.39 is 18.2 Å². The Labute approximate surface area is 199 Å². The number of hydrogen-bond donors (Lipinski definition) is 2. The van der Waals surface area contributed by atoms with Crippen LogP contribution < -0.4 is 15.5 Å². The first-order valence-electron chi connectivity index (χ1n) is 11.4. The second-order valence-electron chi connectivity index (χ2n) is 8.81. The molecule has 2 atom stereocenters. The number of hydrazone groups is 1. The number of carbonyl (C=O) groups excluding carboxylic acids is 2. The van der Waals surface area contributed by atoms with Crippen LogP contribution >= 0.6 is 0 Å². The molecule has 4 rings (SSSR count). The molecular weight excluding hydrogens is 432 g/mol. The second kappa shape index (κ2) is 10.4. The van der Waals surface area contributed by atoms with Gasteiger partial charge in [0, 0.05) is 13.6 Å². The predicted molar refractivity (Wildman–Crippen MR) is 130 cm³/mol. The SMILES string of the molecule is CC(C)CCN1C(N/N=C/c2ccc(OCc3ccccc3)cc2)=NC2C1C(=O)NC(=O)N2C. The molecule has 1 fully saturated rings. The normalized spacial score (nSPS) is 19.9. The Kier molecular flexibility index (Phi) is 7.10. The fourth-order valence-corrected chi connectivity index (χ4v) is 3.82. The number of amides is 3. The van der Waals surface area contributed by atoms with Gasteiger partial charge in [-0.15, -0.1) is 0 Å². The Morgan fingerprint density at radius 1 is 1.15 bits per heavy atom. The molecule has 9 heteroatoms. The summed E-state index contributed by atoms with van der Waals surface area (Å²) in [6.07, 6.45) is 1.98. The third-order valence-electron chi connectivity index (χ3n) is 5.81. The first-order chi connectivity index (χ1) is 16.4. The number of hydrogen-bond acceptors (Lipinski definition) is 7. The number of imide groups is 1. The number of likely N-dealkylation sites (N-methyl/N-ethyl adjacent to an activating group) is 1. The number of nitrogens with one attached hydrogen (secondary N) is 2. The third kappa shape index (κ3) is 5.36. The number of ether oxygens (including phenoxy) is 1. The molecule has 1 saturated heterocycles. The average molecular weight is 463 g/mol. The Balaban J connectivity index is 1.39. The summed E-state index contributed by atoms with van der Waals surface area (Å²) < 4.78 is 5.82. The minimum atomic E-state index is -0.577. The number of fused-ring (bicyclic) bond motifs is 1. The van der Waals surface area contributed by atoms with Gasteiger partial charge in [-0.05, 0) is 47.7 Å². The van der Waals surface area contributed by atoms with Crippen molar-refractivity contribution in [2.45, 2.75) is 39.1 Å². The molecular formula is C25H30N6O3. The summed E-state index contributed by atoms with van der Waals surface area (Å²) in [6, 6.07) is 16.6. The van der Waals surface area contributed by atoms with E-state index in [4.69, 9.17) is 4.74 Å². The van der Waals surface area contributed by atoms with Crippen LogP contribution in [0, 0.1) is 5.92 Å². The molecule has 2 N–H and O–H groups in total. The molecule has 0 aromatic heterocycles. The molecule has 0 radical (unpaired) electrons. The Bertz CT molecular complexity index is 1070. The van der Waals surface area contributed by atoms with Gasteiger partial charge in [-0.25, -0.2) is 15.2 Å². The number of guanidine groups is 1. The van der Waals surface area contributed by atoms with E-state index in [0.29, 0.717) is 25.0 Å². The highest BCUT2D eigenvalue weighted by Crippen LogP contribution is 2.24. The number of nitrogens with zero attached hydrogens (tertiary/aromatic N) is 4. The lowest BCUT2D eigenvalue weighted by atomic mass is 10.1. The van der Waals surface area contributed by atoms with E-state index in [1.807, 2.05) is 59.5 Å². The van der Waals surface area contributed by atoms with Crippen molar-refractivity contribution in [3.05, 3.63) is 65.7 Å². The number of rotatable bonds is 8. The molecule has 2 aromatic rings. The second-order valence-corrected chi connectivity index (χ2v) is 8.81. The van der Waals surface area contributed by atoms with Crippen LogP contribution in [-0.2, 0) is 11.4 Å². The minimum absolute atomic E-state index is 0.340. The van der Waals surface area contributed by atoms with Crippen LogP contribution in [0.4, 0.5) is 4.79 Å². The summed E-state index contributed by atoms with van der Waals surface area (Å²) in [6.45, 7) is 5.39. The van der Waals surface area contributed by atoms with Crippen LogP contribution in [0.1, 0.15) is 31.4 Å². The number of aliphatic imine (C=N–C) groups is 1. The lowest BCUT2D eigenvalue weighted by Gasteiger charge is -2.36. The minimum Gasteiger partial charge on any atom is -0.489 e. The Morgan fingerprint density at radius 2 is 1.88 bits per heavy atom. The van der Waals surface area contributed by atoms with Gasteiger partial charge in [-0.1, -0.05) is 44.2 Å². The van der Waals surface area contributed by atoms with Gasteiger partial charge in [-0.2, -0.15) is 5.10 Å². The summed E-state index contributed by atoms with van der Waals surface area (Å²) in [4.78, 5) is 32.5. The van der Waals surface area contributed by atoms with Crippen molar-refractivity contribution in [3.63, 3.8) is 0 Å². The number of benzene rings is 2. The van der Waals surface area contributed by atoms with Crippen molar-refractivity contribution in [2.24, 2.45) is 16.0 Å². The molecule has 0 bridgehead atoms. The van der Waals surface area contributed by atoms with E-state index >= 15 is 0 Å². The summed E-state index contributed by atoms with van der Waals surface area (Å²) >= 11 is 0. The first kappa shape index (κ1) is 23.3. The molecule has 2 aliphatic rings. The highest BCUT2D eigenvalue weighted by Gasteiger charge is 2.48. The van der Waals surface area contributed by atoms with Gasteiger partial charge in [0.25, 0.3) is 5.91 Å². The van der Waals surface area contributed by atoms with Crippen LogP contribution in [0.5, 0.6) is 5.75 Å². The molecule has 0 spiro atoms. The zero-order chi connectivity index (χ0) is 24.1. The van der Waals surface area contributed by atoms with Crippen LogP contribution in [-0.4, -0.2) is 59.7 Å². The van der Waals surface area contributed by atoms with Crippen molar-refractivity contribution < 1.29 is 14.3 Å². The summed E-state index contributed by atoms with van der Waals surface area (Å²) in [5, 5.41) is 6.73. The molecule has 2 aromatic carbocycles. The van der Waals surface area contributed by atoms with Gasteiger partial charge in [-0.3, -0.25) is 10.1 Å². The molecule has 3 amide bonds. The van der Waals surface area contributed by atoms with Crippen LogP contribution in [0.2, 0.25) is 0 Å². The number of urea groups is 1. The van der Waals surface area contributed by atoms with E-state index in [0.717, 1.165) is 23.3 Å². The van der Waals surface area contributed by atoms with Crippen molar-refractivity contribution >= 4 is 24.1 Å². The molecule has 9 nitrogen and oxygen atoms in total. The summed E-state index contributed by atoms with van der Waals surface area (Å²) in [5.74, 6) is 1.37. The fraction of sp³-hybridized carbons (Fsp3) is 0.360. The third-order valence-corrected chi connectivity index (χ3v) is 5.81. The lowest BCUT2D eigenvalue weighted by Crippen LogP contribution is -2.64. The van der Waals surface area contributed by atoms with Gasteiger partial charge >= 0.3 is 6.03 Å². The molecule has 34 heavy (non-hydrogen) atoms. The monoisotopic (exact) mass is 462 g/mol. The van der Waals surface area contributed by atoms with Crippen molar-refractivity contribution in [3.8, 4) is 5.75 Å². The van der Waals surface area contributed by atoms with Gasteiger partial charge in [0.2, 0.25) is 5.96 Å². The first-order valence-corrected chi connectivity index (χ1v) is 11.4. The number of carbonyl (C=O) groups is 2. The predicted octanol–water partition coefficient (Wildman–Crippen LogP) is 2.78. The van der Waals surface area contributed by atoms with E-state index in [9.17, 15) is 9.59 Å². The maximum Gasteiger partial charge on any atom is 0.325 e. The van der Waals surface area contributed by atoms with E-state index in [-0.39, 0.29) is 5.91 Å². The van der Waals surface area contributed by atoms with E-state index in [2.05, 4.69) is 34.7 Å². The molecule has 0 aliphatic carbocycles. The zero-order valence-corrected chi connectivity index (χ0v) is 19.6. The molecule has 0 saturated carbocycles. The van der Waals surface area contributed by atoms with Crippen LogP contribution in [0.15, 0.2) is 64.7 Å². The van der Waals surface area contributed by atoms with Gasteiger partial charge in [0.1, 0.15) is 12.4 Å². The fourth-order valence-electron chi connectivity index (χ4n) is 3.82. The van der Waals surface area contributed by atoms with Crippen LogP contribution in [0.25, 0.3) is 0 Å².